The molecule has 1 aliphatic rings. The molecule has 1 N–H and O–H groups in total. The number of nitrogens with one attached hydrogen (secondary N) is 1. The van der Waals surface area contributed by atoms with Gasteiger partial charge in [-0.3, -0.25) is 4.79 Å². The predicted molar refractivity (Wildman–Crippen MR) is 104 cm³/mol. The fourth-order valence-electron chi connectivity index (χ4n) is 2.76. The van der Waals surface area contributed by atoms with E-state index in [1.165, 1.54) is 0 Å². The summed E-state index contributed by atoms with van der Waals surface area (Å²) in [5.74, 6) is 0.243. The molecule has 0 atom stereocenters. The largest absolute Gasteiger partial charge is 0.373 e. The van der Waals surface area contributed by atoms with Crippen LogP contribution in [0, 0.1) is 18.3 Å². The molecule has 1 aromatic heterocycles. The third-order valence-corrected chi connectivity index (χ3v) is 4.75. The van der Waals surface area contributed by atoms with Gasteiger partial charge in [-0.2, -0.15) is 5.26 Å². The lowest BCUT2D eigenvalue weighted by Gasteiger charge is -2.34. The van der Waals surface area contributed by atoms with Gasteiger partial charge in [-0.05, 0) is 30.7 Å². The van der Waals surface area contributed by atoms with Crippen LogP contribution in [0.5, 0.6) is 0 Å². The Balaban J connectivity index is 1.64. The highest BCUT2D eigenvalue weighted by atomic mass is 35.5. The maximum absolute atomic E-state index is 12.5. The average molecular weight is 383 g/mol. The molecule has 2 aromatic rings. The molecule has 0 aliphatic carbocycles. The molecule has 1 amide bonds. The standard InChI is InChI=1S/C19H19ClN6O/c1-14-16(20)4-2-5-17(14)24-18(27)15(12-21)13-25-8-10-26(11-9-25)19-22-6-3-7-23-19/h2-7,13H,8-11H2,1H3,(H,24,27)/b15-13-. The Kier molecular flexibility index (Phi) is 5.89. The lowest BCUT2D eigenvalue weighted by atomic mass is 10.2. The highest BCUT2D eigenvalue weighted by molar-refractivity contribution is 6.31. The van der Waals surface area contributed by atoms with E-state index in [0.29, 0.717) is 42.8 Å². The van der Waals surface area contributed by atoms with E-state index in [1.807, 2.05) is 17.9 Å². The second kappa shape index (κ2) is 8.52. The second-order valence-corrected chi connectivity index (χ2v) is 6.50. The van der Waals surface area contributed by atoms with Gasteiger partial charge in [-0.1, -0.05) is 17.7 Å². The van der Waals surface area contributed by atoms with Crippen molar-refractivity contribution in [2.45, 2.75) is 6.92 Å². The van der Waals surface area contributed by atoms with Crippen molar-refractivity contribution in [1.82, 2.24) is 14.9 Å². The number of halogens is 1. The summed E-state index contributed by atoms with van der Waals surface area (Å²) in [4.78, 5) is 25.0. The van der Waals surface area contributed by atoms with E-state index < -0.39 is 5.91 Å². The quantitative estimate of drug-likeness (QED) is 0.646. The second-order valence-electron chi connectivity index (χ2n) is 6.09. The van der Waals surface area contributed by atoms with Gasteiger partial charge in [-0.25, -0.2) is 9.97 Å². The molecular formula is C19H19ClN6O. The van der Waals surface area contributed by atoms with Gasteiger partial charge in [0.1, 0.15) is 11.6 Å². The number of nitriles is 1. The van der Waals surface area contributed by atoms with Gasteiger partial charge in [0.2, 0.25) is 5.95 Å². The van der Waals surface area contributed by atoms with Crippen LogP contribution in [-0.4, -0.2) is 47.0 Å². The molecule has 1 fully saturated rings. The molecule has 0 bridgehead atoms. The molecule has 138 valence electrons. The minimum Gasteiger partial charge on any atom is -0.373 e. The number of carbonyl (C=O) groups is 1. The van der Waals surface area contributed by atoms with E-state index in [0.717, 1.165) is 5.56 Å². The Morgan fingerprint density at radius 2 is 1.93 bits per heavy atom. The minimum absolute atomic E-state index is 0.0544. The normalized spacial score (nSPS) is 14.6. The van der Waals surface area contributed by atoms with Gasteiger partial charge in [0.05, 0.1) is 0 Å². The smallest absolute Gasteiger partial charge is 0.267 e. The summed E-state index contributed by atoms with van der Waals surface area (Å²) < 4.78 is 0. The maximum Gasteiger partial charge on any atom is 0.267 e. The Labute approximate surface area is 162 Å². The number of aromatic nitrogens is 2. The zero-order valence-corrected chi connectivity index (χ0v) is 15.6. The summed E-state index contributed by atoms with van der Waals surface area (Å²) >= 11 is 6.08. The Morgan fingerprint density at radius 3 is 2.59 bits per heavy atom. The number of nitrogens with zero attached hydrogens (tertiary/aromatic N) is 5. The van der Waals surface area contributed by atoms with Gasteiger partial charge in [0, 0.05) is 55.5 Å². The van der Waals surface area contributed by atoms with Crippen LogP contribution in [0.3, 0.4) is 0 Å². The lowest BCUT2D eigenvalue weighted by molar-refractivity contribution is -0.112. The van der Waals surface area contributed by atoms with Crippen LogP contribution in [0.15, 0.2) is 48.4 Å². The van der Waals surface area contributed by atoms with Crippen molar-refractivity contribution in [3.05, 3.63) is 59.0 Å². The van der Waals surface area contributed by atoms with Crippen LogP contribution < -0.4 is 10.2 Å². The van der Waals surface area contributed by atoms with Crippen LogP contribution in [0.25, 0.3) is 0 Å². The number of carbonyl (C=O) groups excluding carboxylic acids is 1. The Morgan fingerprint density at radius 1 is 1.22 bits per heavy atom. The van der Waals surface area contributed by atoms with Crippen LogP contribution in [0.1, 0.15) is 5.56 Å². The third kappa shape index (κ3) is 4.54. The molecule has 7 nitrogen and oxygen atoms in total. The lowest BCUT2D eigenvalue weighted by Crippen LogP contribution is -2.45. The summed E-state index contributed by atoms with van der Waals surface area (Å²) in [6, 6.07) is 9.03. The van der Waals surface area contributed by atoms with Crippen molar-refractivity contribution in [2.24, 2.45) is 0 Å². The molecular weight excluding hydrogens is 364 g/mol. The zero-order chi connectivity index (χ0) is 19.2. The van der Waals surface area contributed by atoms with E-state index in [2.05, 4.69) is 20.2 Å². The fourth-order valence-corrected chi connectivity index (χ4v) is 2.93. The van der Waals surface area contributed by atoms with Crippen LogP contribution in [-0.2, 0) is 4.79 Å². The summed E-state index contributed by atoms with van der Waals surface area (Å²) in [7, 11) is 0. The number of hydrogen-bond donors (Lipinski definition) is 1. The molecule has 0 saturated carbocycles. The molecule has 27 heavy (non-hydrogen) atoms. The molecule has 3 rings (SSSR count). The Bertz CT molecular complexity index is 885. The maximum atomic E-state index is 12.5. The fraction of sp³-hybridized carbons (Fsp3) is 0.263. The molecule has 1 aliphatic heterocycles. The molecule has 1 saturated heterocycles. The molecule has 8 heteroatoms. The van der Waals surface area contributed by atoms with Crippen molar-refractivity contribution < 1.29 is 4.79 Å². The summed E-state index contributed by atoms with van der Waals surface area (Å²) in [5.41, 5.74) is 1.42. The van der Waals surface area contributed by atoms with E-state index >= 15 is 0 Å². The van der Waals surface area contributed by atoms with E-state index in [1.54, 1.807) is 42.9 Å². The SMILES string of the molecule is Cc1c(Cl)cccc1NC(=O)/C(C#N)=C\N1CCN(c2ncccn2)CC1. The topological polar surface area (TPSA) is 85.2 Å². The average Bonchev–Trinajstić information content (AvgIpc) is 2.70. The monoisotopic (exact) mass is 382 g/mol. The predicted octanol–water partition coefficient (Wildman–Crippen LogP) is 2.61. The van der Waals surface area contributed by atoms with E-state index in [4.69, 9.17) is 11.6 Å². The first-order valence-electron chi connectivity index (χ1n) is 8.53. The minimum atomic E-state index is -0.448. The summed E-state index contributed by atoms with van der Waals surface area (Å²) in [6.45, 7) is 4.60. The highest BCUT2D eigenvalue weighted by Gasteiger charge is 2.19. The molecule has 0 spiro atoms. The first-order valence-corrected chi connectivity index (χ1v) is 8.90. The van der Waals surface area contributed by atoms with Crippen molar-refractivity contribution in [3.8, 4) is 6.07 Å². The number of hydrogen-bond acceptors (Lipinski definition) is 6. The van der Waals surface area contributed by atoms with Gasteiger partial charge in [-0.15, -0.1) is 0 Å². The van der Waals surface area contributed by atoms with Crippen LogP contribution in [0.4, 0.5) is 11.6 Å². The molecule has 2 heterocycles. The highest BCUT2D eigenvalue weighted by Crippen LogP contribution is 2.23. The number of piperazine rings is 1. The summed E-state index contributed by atoms with van der Waals surface area (Å²) in [6.07, 6.45) is 5.04. The summed E-state index contributed by atoms with van der Waals surface area (Å²) in [5, 5.41) is 12.7. The molecule has 1 aromatic carbocycles. The van der Waals surface area contributed by atoms with Gasteiger partial charge < -0.3 is 15.1 Å². The Hall–Kier alpha value is -3.11. The number of rotatable bonds is 4. The number of benzene rings is 1. The first kappa shape index (κ1) is 18.7. The third-order valence-electron chi connectivity index (χ3n) is 4.34. The van der Waals surface area contributed by atoms with Crippen molar-refractivity contribution in [2.75, 3.05) is 36.4 Å². The van der Waals surface area contributed by atoms with Gasteiger partial charge >= 0.3 is 0 Å². The van der Waals surface area contributed by atoms with Crippen molar-refractivity contribution in [1.29, 1.82) is 5.26 Å². The number of anilines is 2. The van der Waals surface area contributed by atoms with Crippen LogP contribution in [0.2, 0.25) is 5.02 Å². The van der Waals surface area contributed by atoms with Crippen molar-refractivity contribution >= 4 is 29.1 Å². The van der Waals surface area contributed by atoms with E-state index in [9.17, 15) is 10.1 Å². The van der Waals surface area contributed by atoms with Gasteiger partial charge in [0.25, 0.3) is 5.91 Å². The van der Waals surface area contributed by atoms with Gasteiger partial charge in [0.15, 0.2) is 0 Å². The first-order chi connectivity index (χ1) is 13.1. The van der Waals surface area contributed by atoms with E-state index in [-0.39, 0.29) is 5.57 Å². The number of amides is 1. The molecule has 0 radical (unpaired) electrons. The molecule has 0 unspecified atom stereocenters. The van der Waals surface area contributed by atoms with Crippen molar-refractivity contribution in [3.63, 3.8) is 0 Å². The zero-order valence-electron chi connectivity index (χ0n) is 14.9. The van der Waals surface area contributed by atoms with Crippen LogP contribution >= 0.6 is 11.6 Å².